The normalized spacial score (nSPS) is 11.4. The summed E-state index contributed by atoms with van der Waals surface area (Å²) in [5.74, 6) is 0.238. The Morgan fingerprint density at radius 3 is 2.65 bits per heavy atom. The fourth-order valence-electron chi connectivity index (χ4n) is 2.24. The van der Waals surface area contributed by atoms with Crippen molar-refractivity contribution >= 4 is 6.21 Å². The van der Waals surface area contributed by atoms with Gasteiger partial charge < -0.3 is 10.2 Å². The summed E-state index contributed by atoms with van der Waals surface area (Å²) in [6.07, 6.45) is 4.21. The Morgan fingerprint density at radius 2 is 1.91 bits per heavy atom. The van der Waals surface area contributed by atoms with E-state index in [-0.39, 0.29) is 12.4 Å². The smallest absolute Gasteiger partial charge is 0.124 e. The molecular formula is C18H23N3O2. The van der Waals surface area contributed by atoms with Gasteiger partial charge in [0.15, 0.2) is 0 Å². The van der Waals surface area contributed by atoms with Gasteiger partial charge >= 0.3 is 0 Å². The number of rotatable bonds is 9. The molecule has 0 atom stereocenters. The number of hydrogen-bond acceptors (Lipinski definition) is 5. The van der Waals surface area contributed by atoms with Crippen LogP contribution in [0.15, 0.2) is 53.7 Å². The molecule has 1 heterocycles. The van der Waals surface area contributed by atoms with Crippen molar-refractivity contribution in [1.82, 2.24) is 9.88 Å². The van der Waals surface area contributed by atoms with E-state index in [0.717, 1.165) is 37.3 Å². The van der Waals surface area contributed by atoms with Crippen LogP contribution in [-0.2, 0) is 6.54 Å². The Balaban J connectivity index is 1.86. The highest BCUT2D eigenvalue weighted by Crippen LogP contribution is 2.12. The molecule has 0 saturated heterocycles. The Kier molecular flexibility index (Phi) is 7.23. The van der Waals surface area contributed by atoms with E-state index in [2.05, 4.69) is 14.9 Å². The van der Waals surface area contributed by atoms with Gasteiger partial charge in [0.1, 0.15) is 5.75 Å². The van der Waals surface area contributed by atoms with Crippen LogP contribution in [0.3, 0.4) is 0 Å². The monoisotopic (exact) mass is 313 g/mol. The molecule has 5 nitrogen and oxygen atoms in total. The lowest BCUT2D eigenvalue weighted by Gasteiger charge is -2.20. The first-order valence-corrected chi connectivity index (χ1v) is 7.80. The number of phenols is 1. The highest BCUT2D eigenvalue weighted by molar-refractivity contribution is 5.83. The first kappa shape index (κ1) is 17.1. The third-order valence-electron chi connectivity index (χ3n) is 3.46. The zero-order valence-corrected chi connectivity index (χ0v) is 13.2. The number of phenolic OH excluding ortho intramolecular Hbond substituents is 1. The number of aromatic hydroxyl groups is 1. The lowest BCUT2D eigenvalue weighted by atomic mass is 10.2. The first-order chi connectivity index (χ1) is 11.3. The lowest BCUT2D eigenvalue weighted by molar-refractivity contribution is 0.221. The molecule has 1 aromatic carbocycles. The van der Waals surface area contributed by atoms with E-state index in [9.17, 15) is 5.11 Å². The molecule has 0 aliphatic heterocycles. The molecule has 0 unspecified atom stereocenters. The zero-order chi connectivity index (χ0) is 16.3. The van der Waals surface area contributed by atoms with Gasteiger partial charge in [-0.15, -0.1) is 0 Å². The minimum Gasteiger partial charge on any atom is -0.507 e. The minimum atomic E-state index is 0.180. The van der Waals surface area contributed by atoms with E-state index in [0.29, 0.717) is 6.54 Å². The number of benzene rings is 1. The predicted octanol–water partition coefficient (Wildman–Crippen LogP) is 2.09. The molecule has 0 aliphatic carbocycles. The number of nitrogens with zero attached hydrogens (tertiary/aromatic N) is 3. The number of para-hydroxylation sites is 1. The van der Waals surface area contributed by atoms with Crippen LogP contribution < -0.4 is 0 Å². The third-order valence-corrected chi connectivity index (χ3v) is 3.46. The van der Waals surface area contributed by atoms with Gasteiger partial charge in [0, 0.05) is 44.2 Å². The van der Waals surface area contributed by atoms with Gasteiger partial charge in [0.25, 0.3) is 0 Å². The molecule has 0 spiro atoms. The van der Waals surface area contributed by atoms with Crippen LogP contribution in [0.4, 0.5) is 0 Å². The van der Waals surface area contributed by atoms with Crippen molar-refractivity contribution in [1.29, 1.82) is 0 Å². The molecular weight excluding hydrogens is 290 g/mol. The van der Waals surface area contributed by atoms with Crippen LogP contribution in [-0.4, -0.2) is 52.6 Å². The number of aliphatic hydroxyl groups is 1. The third kappa shape index (κ3) is 6.18. The van der Waals surface area contributed by atoms with E-state index >= 15 is 0 Å². The molecule has 2 N–H and O–H groups in total. The van der Waals surface area contributed by atoms with Crippen LogP contribution in [0.2, 0.25) is 0 Å². The Hall–Kier alpha value is -2.24. The van der Waals surface area contributed by atoms with Gasteiger partial charge in [0.05, 0.1) is 12.2 Å². The molecule has 2 aromatic rings. The average molecular weight is 313 g/mol. The van der Waals surface area contributed by atoms with Crippen LogP contribution >= 0.6 is 0 Å². The summed E-state index contributed by atoms with van der Waals surface area (Å²) in [4.78, 5) is 10.9. The molecule has 122 valence electrons. The molecule has 2 rings (SSSR count). The SMILES string of the molecule is OCCCN(CCN=Cc1ccccc1O)Cc1ccccn1. The zero-order valence-electron chi connectivity index (χ0n) is 13.2. The summed E-state index contributed by atoms with van der Waals surface area (Å²) in [6, 6.07) is 13.0. The fraction of sp³-hybridized carbons (Fsp3) is 0.333. The van der Waals surface area contributed by atoms with Crippen LogP contribution in [0.25, 0.3) is 0 Å². The van der Waals surface area contributed by atoms with E-state index in [1.807, 2.05) is 30.3 Å². The second-order valence-electron chi connectivity index (χ2n) is 5.27. The second-order valence-corrected chi connectivity index (χ2v) is 5.27. The maximum absolute atomic E-state index is 9.69. The molecule has 0 amide bonds. The van der Waals surface area contributed by atoms with Gasteiger partial charge in [-0.3, -0.25) is 14.9 Å². The van der Waals surface area contributed by atoms with Crippen molar-refractivity contribution in [2.75, 3.05) is 26.2 Å². The van der Waals surface area contributed by atoms with Crippen molar-refractivity contribution in [3.8, 4) is 5.75 Å². The van der Waals surface area contributed by atoms with Crippen molar-refractivity contribution in [3.05, 3.63) is 59.9 Å². The molecule has 1 aromatic heterocycles. The fourth-order valence-corrected chi connectivity index (χ4v) is 2.24. The summed E-state index contributed by atoms with van der Waals surface area (Å²) in [6.45, 7) is 3.14. The summed E-state index contributed by atoms with van der Waals surface area (Å²) in [5, 5.41) is 18.7. The van der Waals surface area contributed by atoms with E-state index in [1.54, 1.807) is 24.5 Å². The number of aromatic nitrogens is 1. The molecule has 23 heavy (non-hydrogen) atoms. The van der Waals surface area contributed by atoms with Crippen molar-refractivity contribution < 1.29 is 10.2 Å². The standard InChI is InChI=1S/C18H23N3O2/c22-13-5-11-21(15-17-7-3-4-9-20-17)12-10-19-14-16-6-1-2-8-18(16)23/h1-4,6-9,14,22-23H,5,10-13,15H2. The summed E-state index contributed by atoms with van der Waals surface area (Å²) in [5.41, 5.74) is 1.73. The Labute approximate surface area is 137 Å². The van der Waals surface area contributed by atoms with Crippen molar-refractivity contribution in [2.24, 2.45) is 4.99 Å². The molecule has 0 fully saturated rings. The van der Waals surface area contributed by atoms with Crippen LogP contribution in [0.5, 0.6) is 5.75 Å². The first-order valence-electron chi connectivity index (χ1n) is 7.80. The molecule has 0 aliphatic rings. The van der Waals surface area contributed by atoms with Gasteiger partial charge in [-0.25, -0.2) is 0 Å². The summed E-state index contributed by atoms with van der Waals surface area (Å²) >= 11 is 0. The molecule has 0 bridgehead atoms. The molecule has 0 saturated carbocycles. The number of pyridine rings is 1. The second kappa shape index (κ2) is 9.71. The lowest BCUT2D eigenvalue weighted by Crippen LogP contribution is -2.28. The number of hydrogen-bond donors (Lipinski definition) is 2. The Bertz CT molecular complexity index is 602. The van der Waals surface area contributed by atoms with E-state index in [4.69, 9.17) is 5.11 Å². The topological polar surface area (TPSA) is 69.0 Å². The maximum Gasteiger partial charge on any atom is 0.124 e. The van der Waals surface area contributed by atoms with E-state index < -0.39 is 0 Å². The van der Waals surface area contributed by atoms with Gasteiger partial charge in [-0.1, -0.05) is 18.2 Å². The highest BCUT2D eigenvalue weighted by Gasteiger charge is 2.06. The van der Waals surface area contributed by atoms with Gasteiger partial charge in [-0.2, -0.15) is 0 Å². The largest absolute Gasteiger partial charge is 0.507 e. The van der Waals surface area contributed by atoms with E-state index in [1.165, 1.54) is 0 Å². The average Bonchev–Trinajstić information content (AvgIpc) is 2.58. The van der Waals surface area contributed by atoms with Gasteiger partial charge in [0.2, 0.25) is 0 Å². The molecule has 5 heteroatoms. The Morgan fingerprint density at radius 1 is 1.09 bits per heavy atom. The van der Waals surface area contributed by atoms with Crippen molar-refractivity contribution in [3.63, 3.8) is 0 Å². The number of aliphatic hydroxyl groups excluding tert-OH is 1. The summed E-state index contributed by atoms with van der Waals surface area (Å²) < 4.78 is 0. The summed E-state index contributed by atoms with van der Waals surface area (Å²) in [7, 11) is 0. The highest BCUT2D eigenvalue weighted by atomic mass is 16.3. The van der Waals surface area contributed by atoms with Crippen LogP contribution in [0, 0.1) is 0 Å². The van der Waals surface area contributed by atoms with Gasteiger partial charge in [-0.05, 0) is 30.7 Å². The number of aliphatic imine (C=N–C) groups is 1. The van der Waals surface area contributed by atoms with Crippen LogP contribution in [0.1, 0.15) is 17.7 Å². The predicted molar refractivity (Wildman–Crippen MR) is 91.8 cm³/mol. The quantitative estimate of drug-likeness (QED) is 0.696. The molecule has 0 radical (unpaired) electrons. The minimum absolute atomic E-state index is 0.180. The van der Waals surface area contributed by atoms with Crippen molar-refractivity contribution in [2.45, 2.75) is 13.0 Å². The maximum atomic E-state index is 9.69.